The zero-order valence-corrected chi connectivity index (χ0v) is 20.2. The predicted octanol–water partition coefficient (Wildman–Crippen LogP) is 4.19. The number of ether oxygens (including phenoxy) is 1. The van der Waals surface area contributed by atoms with Crippen LogP contribution in [0.15, 0.2) is 6.20 Å². The Hall–Kier alpha value is -1.27. The number of carbonyl (C=O) groups is 1. The van der Waals surface area contributed by atoms with Gasteiger partial charge in [-0.05, 0) is 106 Å². The van der Waals surface area contributed by atoms with E-state index >= 15 is 0 Å². The summed E-state index contributed by atoms with van der Waals surface area (Å²) in [6.45, 7) is 6.08. The summed E-state index contributed by atoms with van der Waals surface area (Å²) in [5.41, 5.74) is 0.176. The number of aromatic nitrogens is 3. The Morgan fingerprint density at radius 3 is 2.75 bits per heavy atom. The zero-order valence-electron chi connectivity index (χ0n) is 21.2. The molecule has 1 unspecified atom stereocenters. The molecule has 5 rings (SSSR count). The molecule has 4 aliphatic carbocycles. The molecule has 4 saturated carbocycles. The molecular formula is C26H41N3O3. The highest BCUT2D eigenvalue weighted by Crippen LogP contribution is 2.68. The molecule has 1 N–H and O–H groups in total. The van der Waals surface area contributed by atoms with Gasteiger partial charge in [0.25, 0.3) is 0 Å². The Bertz CT molecular complexity index is 903. The number of aliphatic hydroxyl groups is 1. The number of methoxy groups -OCH3 is 1. The van der Waals surface area contributed by atoms with Crippen molar-refractivity contribution >= 4 is 5.78 Å². The minimum absolute atomic E-state index is 0.0333. The van der Waals surface area contributed by atoms with Crippen LogP contribution in [0.5, 0.6) is 0 Å². The summed E-state index contributed by atoms with van der Waals surface area (Å²) in [6, 6.07) is 0. The molecule has 0 spiro atoms. The van der Waals surface area contributed by atoms with Crippen molar-refractivity contribution in [3.05, 3.63) is 11.9 Å². The standard InChI is InChI=1S/C26H41N3O3/c1-17-14-27-28-29(17)15-23(30)22-8-7-20-19-6-5-18-13-24(2,31)11-12-26(18,16-32-4)21(19)9-10-25(20,22)3/h14,18-22,31H,5-13,15-16H2,1-4H3/t18-,19+,20+,21+,22-,24-,25+,26-/m1/s1/i16D/t16?,18-,19+,20+,21+,22-,24-,25+,26-. The molecule has 0 radical (unpaired) electrons. The Kier molecular flexibility index (Phi) is 5.25. The second-order valence-corrected chi connectivity index (χ2v) is 12.0. The third kappa shape index (κ3) is 3.39. The third-order valence-electron chi connectivity index (χ3n) is 10.4. The first-order valence-electron chi connectivity index (χ1n) is 13.3. The van der Waals surface area contributed by atoms with Gasteiger partial charge in [0.2, 0.25) is 0 Å². The van der Waals surface area contributed by atoms with Crippen molar-refractivity contribution in [3.8, 4) is 0 Å². The first-order chi connectivity index (χ1) is 15.6. The monoisotopic (exact) mass is 444 g/mol. The van der Waals surface area contributed by atoms with Crippen LogP contribution in [-0.4, -0.2) is 45.2 Å². The zero-order chi connectivity index (χ0) is 23.6. The lowest BCUT2D eigenvalue weighted by Crippen LogP contribution is -2.58. The van der Waals surface area contributed by atoms with E-state index in [1.54, 1.807) is 18.0 Å². The fourth-order valence-corrected chi connectivity index (χ4v) is 8.84. The first-order valence-corrected chi connectivity index (χ1v) is 12.7. The van der Waals surface area contributed by atoms with Gasteiger partial charge >= 0.3 is 0 Å². The molecule has 4 fully saturated rings. The molecule has 178 valence electrons. The summed E-state index contributed by atoms with van der Waals surface area (Å²) < 4.78 is 16.5. The summed E-state index contributed by atoms with van der Waals surface area (Å²) in [6.07, 6.45) is 10.6. The van der Waals surface area contributed by atoms with Gasteiger partial charge in [-0.3, -0.25) is 4.79 Å². The van der Waals surface area contributed by atoms with Crippen molar-refractivity contribution in [2.75, 3.05) is 13.7 Å². The molecule has 0 amide bonds. The minimum Gasteiger partial charge on any atom is -0.390 e. The molecule has 6 heteroatoms. The second kappa shape index (κ2) is 7.90. The lowest BCUT2D eigenvalue weighted by atomic mass is 9.43. The number of hydrogen-bond donors (Lipinski definition) is 1. The van der Waals surface area contributed by atoms with Crippen LogP contribution < -0.4 is 0 Å². The molecular weight excluding hydrogens is 402 g/mol. The maximum atomic E-state index is 13.4. The molecule has 1 heterocycles. The Balaban J connectivity index is 1.41. The quantitative estimate of drug-likeness (QED) is 0.737. The van der Waals surface area contributed by atoms with Crippen molar-refractivity contribution < 1.29 is 16.0 Å². The van der Waals surface area contributed by atoms with Gasteiger partial charge in [0, 0.05) is 13.0 Å². The highest BCUT2D eigenvalue weighted by atomic mass is 16.5. The van der Waals surface area contributed by atoms with Crippen molar-refractivity contribution in [3.63, 3.8) is 0 Å². The van der Waals surface area contributed by atoms with Gasteiger partial charge in [-0.25, -0.2) is 4.68 Å². The Labute approximate surface area is 193 Å². The van der Waals surface area contributed by atoms with Gasteiger partial charge in [0.1, 0.15) is 6.54 Å². The molecule has 6 nitrogen and oxygen atoms in total. The Morgan fingerprint density at radius 2 is 2.03 bits per heavy atom. The second-order valence-electron chi connectivity index (χ2n) is 12.0. The van der Waals surface area contributed by atoms with Gasteiger partial charge < -0.3 is 9.84 Å². The van der Waals surface area contributed by atoms with E-state index in [1.807, 2.05) is 13.8 Å². The summed E-state index contributed by atoms with van der Waals surface area (Å²) in [5.74, 6) is 2.28. The Morgan fingerprint density at radius 1 is 1.22 bits per heavy atom. The number of rotatable bonds is 5. The molecule has 0 aromatic carbocycles. The number of carbonyl (C=O) groups excluding carboxylic acids is 1. The van der Waals surface area contributed by atoms with E-state index in [9.17, 15) is 9.90 Å². The fraction of sp³-hybridized carbons (Fsp3) is 0.885. The normalized spacial score (nSPS) is 47.2. The van der Waals surface area contributed by atoms with E-state index in [4.69, 9.17) is 6.11 Å². The van der Waals surface area contributed by atoms with E-state index in [2.05, 4.69) is 17.2 Å². The van der Waals surface area contributed by atoms with E-state index in [-0.39, 0.29) is 16.7 Å². The van der Waals surface area contributed by atoms with Gasteiger partial charge in [-0.1, -0.05) is 12.1 Å². The van der Waals surface area contributed by atoms with Crippen LogP contribution in [-0.2, 0) is 16.1 Å². The van der Waals surface area contributed by atoms with Crippen LogP contribution in [0.25, 0.3) is 0 Å². The average molecular weight is 445 g/mol. The molecule has 9 atom stereocenters. The minimum atomic E-state index is -0.623. The molecule has 1 aromatic rings. The van der Waals surface area contributed by atoms with Gasteiger partial charge in [0.05, 0.1) is 25.4 Å². The van der Waals surface area contributed by atoms with Gasteiger partial charge in [-0.2, -0.15) is 0 Å². The SMILES string of the molecule is [2H]C(OC)[C@]12CC[C@@](C)(O)C[C@H]1CC[C@H]1[C@@H]3CC[C@H](C(=O)Cn4nncc4C)[C@@]3(C)CC[C@@H]12. The van der Waals surface area contributed by atoms with Crippen LogP contribution in [0.4, 0.5) is 0 Å². The molecule has 4 aliphatic rings. The lowest BCUT2D eigenvalue weighted by molar-refractivity contribution is -0.175. The van der Waals surface area contributed by atoms with Crippen LogP contribution in [0.2, 0.25) is 0 Å². The van der Waals surface area contributed by atoms with Crippen LogP contribution in [0.3, 0.4) is 0 Å². The lowest BCUT2D eigenvalue weighted by Gasteiger charge is -2.62. The highest BCUT2D eigenvalue weighted by molar-refractivity contribution is 5.82. The molecule has 1 aromatic heterocycles. The van der Waals surface area contributed by atoms with E-state index in [1.165, 1.54) is 0 Å². The summed E-state index contributed by atoms with van der Waals surface area (Å²) >= 11 is 0. The molecule has 32 heavy (non-hydrogen) atoms. The number of aryl methyl sites for hydroxylation is 1. The van der Waals surface area contributed by atoms with Crippen molar-refractivity contribution in [1.82, 2.24) is 15.0 Å². The van der Waals surface area contributed by atoms with Crippen molar-refractivity contribution in [1.29, 1.82) is 0 Å². The van der Waals surface area contributed by atoms with Crippen LogP contribution in [0.1, 0.15) is 78.7 Å². The molecule has 0 saturated heterocycles. The maximum Gasteiger partial charge on any atom is 0.157 e. The number of hydrogen-bond acceptors (Lipinski definition) is 5. The number of Topliss-reactive ketones (excluding diaryl/α,β-unsaturated/α-hetero) is 1. The number of nitrogens with zero attached hydrogens (tertiary/aromatic N) is 3. The summed E-state index contributed by atoms with van der Waals surface area (Å²) in [5, 5.41) is 18.9. The summed E-state index contributed by atoms with van der Waals surface area (Å²) in [4.78, 5) is 13.4. The van der Waals surface area contributed by atoms with E-state index in [0.717, 1.165) is 63.5 Å². The maximum absolute atomic E-state index is 13.4. The third-order valence-corrected chi connectivity index (χ3v) is 10.4. The average Bonchev–Trinajstić information content (AvgIpc) is 3.34. The topological polar surface area (TPSA) is 77.2 Å². The van der Waals surface area contributed by atoms with Crippen molar-refractivity contribution in [2.24, 2.45) is 40.4 Å². The highest BCUT2D eigenvalue weighted by Gasteiger charge is 2.63. The smallest absolute Gasteiger partial charge is 0.157 e. The summed E-state index contributed by atoms with van der Waals surface area (Å²) in [7, 11) is 1.68. The number of ketones is 1. The predicted molar refractivity (Wildman–Crippen MR) is 122 cm³/mol. The molecule has 0 bridgehead atoms. The first kappa shape index (κ1) is 21.3. The van der Waals surface area contributed by atoms with Crippen LogP contribution >= 0.6 is 0 Å². The molecule has 0 aliphatic heterocycles. The van der Waals surface area contributed by atoms with E-state index < -0.39 is 12.2 Å². The largest absolute Gasteiger partial charge is 0.390 e. The number of fused-ring (bicyclic) bond motifs is 5. The van der Waals surface area contributed by atoms with E-state index in [0.29, 0.717) is 36.0 Å². The van der Waals surface area contributed by atoms with Gasteiger partial charge in [-0.15, -0.1) is 5.10 Å². The van der Waals surface area contributed by atoms with Gasteiger partial charge in [0.15, 0.2) is 5.78 Å². The van der Waals surface area contributed by atoms with Crippen LogP contribution in [0, 0.1) is 47.3 Å². The fourth-order valence-electron chi connectivity index (χ4n) is 8.84. The van der Waals surface area contributed by atoms with Crippen molar-refractivity contribution in [2.45, 2.75) is 90.7 Å².